The van der Waals surface area contributed by atoms with Crippen molar-refractivity contribution in [1.82, 2.24) is 0 Å². The largest absolute Gasteiger partial charge is 0.481 e. The van der Waals surface area contributed by atoms with Crippen LogP contribution in [0.5, 0.6) is 0 Å². The molecule has 0 spiro atoms. The van der Waals surface area contributed by atoms with Crippen molar-refractivity contribution in [2.45, 2.75) is 39.5 Å². The van der Waals surface area contributed by atoms with Crippen molar-refractivity contribution in [3.05, 3.63) is 29.3 Å². The zero-order chi connectivity index (χ0) is 14.7. The molecular formula is C16H21NO3. The predicted octanol–water partition coefficient (Wildman–Crippen LogP) is 3.13. The molecule has 2 N–H and O–H groups in total. The number of anilines is 1. The van der Waals surface area contributed by atoms with Crippen LogP contribution < -0.4 is 5.32 Å². The molecule has 1 aromatic carbocycles. The van der Waals surface area contributed by atoms with Crippen LogP contribution in [0.2, 0.25) is 0 Å². The molecule has 20 heavy (non-hydrogen) atoms. The maximum absolute atomic E-state index is 12.3. The molecule has 1 aliphatic rings. The molecule has 4 nitrogen and oxygen atoms in total. The molecule has 2 unspecified atom stereocenters. The van der Waals surface area contributed by atoms with Crippen molar-refractivity contribution < 1.29 is 14.7 Å². The Kier molecular flexibility index (Phi) is 4.42. The SMILES string of the molecule is Cc1ccc(C)c(NC(=O)C2CCCC(C(=O)O)C2)c1. The van der Waals surface area contributed by atoms with Gasteiger partial charge in [-0.1, -0.05) is 18.6 Å². The minimum Gasteiger partial charge on any atom is -0.481 e. The van der Waals surface area contributed by atoms with Crippen LogP contribution in [0, 0.1) is 25.7 Å². The Labute approximate surface area is 119 Å². The van der Waals surface area contributed by atoms with E-state index in [9.17, 15) is 9.59 Å². The van der Waals surface area contributed by atoms with Crippen LogP contribution in [0.4, 0.5) is 5.69 Å². The molecule has 0 saturated heterocycles. The fourth-order valence-corrected chi connectivity index (χ4v) is 2.76. The molecular weight excluding hydrogens is 254 g/mol. The summed E-state index contributed by atoms with van der Waals surface area (Å²) in [4.78, 5) is 23.3. The van der Waals surface area contributed by atoms with Crippen LogP contribution in [-0.4, -0.2) is 17.0 Å². The quantitative estimate of drug-likeness (QED) is 0.890. The lowest BCUT2D eigenvalue weighted by molar-refractivity contribution is -0.143. The summed E-state index contributed by atoms with van der Waals surface area (Å²) in [7, 11) is 0. The number of carboxylic acids is 1. The zero-order valence-corrected chi connectivity index (χ0v) is 12.0. The summed E-state index contributed by atoms with van der Waals surface area (Å²) in [5.74, 6) is -1.40. The van der Waals surface area contributed by atoms with Crippen molar-refractivity contribution in [1.29, 1.82) is 0 Å². The lowest BCUT2D eigenvalue weighted by atomic mass is 9.81. The van der Waals surface area contributed by atoms with Gasteiger partial charge in [0.1, 0.15) is 0 Å². The molecule has 1 aliphatic carbocycles. The maximum Gasteiger partial charge on any atom is 0.306 e. The molecule has 0 aromatic heterocycles. The first-order chi connectivity index (χ1) is 9.47. The van der Waals surface area contributed by atoms with Gasteiger partial charge in [-0.05, 0) is 50.3 Å². The summed E-state index contributed by atoms with van der Waals surface area (Å²) in [6.45, 7) is 3.94. The van der Waals surface area contributed by atoms with E-state index in [4.69, 9.17) is 5.11 Å². The highest BCUT2D eigenvalue weighted by atomic mass is 16.4. The molecule has 1 aromatic rings. The normalized spacial score (nSPS) is 22.3. The number of aryl methyl sites for hydroxylation is 2. The molecule has 0 aliphatic heterocycles. The first kappa shape index (κ1) is 14.6. The lowest BCUT2D eigenvalue weighted by Crippen LogP contribution is -2.31. The highest BCUT2D eigenvalue weighted by Crippen LogP contribution is 2.30. The maximum atomic E-state index is 12.3. The van der Waals surface area contributed by atoms with Gasteiger partial charge in [0.2, 0.25) is 5.91 Å². The number of carboxylic acid groups (broad SMARTS) is 1. The number of hydrogen-bond donors (Lipinski definition) is 2. The standard InChI is InChI=1S/C16H21NO3/c1-10-6-7-11(2)14(8-10)17-15(18)12-4-3-5-13(9-12)16(19)20/h6-8,12-13H,3-5,9H2,1-2H3,(H,17,18)(H,19,20). The fourth-order valence-electron chi connectivity index (χ4n) is 2.76. The smallest absolute Gasteiger partial charge is 0.306 e. The highest BCUT2D eigenvalue weighted by molar-refractivity contribution is 5.93. The first-order valence-electron chi connectivity index (χ1n) is 7.08. The van der Waals surface area contributed by atoms with Crippen LogP contribution >= 0.6 is 0 Å². The molecule has 0 bridgehead atoms. The van der Waals surface area contributed by atoms with Gasteiger partial charge in [0, 0.05) is 11.6 Å². The van der Waals surface area contributed by atoms with Gasteiger partial charge in [-0.3, -0.25) is 9.59 Å². The number of carbonyl (C=O) groups excluding carboxylic acids is 1. The van der Waals surface area contributed by atoms with E-state index in [-0.39, 0.29) is 17.7 Å². The third kappa shape index (κ3) is 3.38. The molecule has 2 rings (SSSR count). The Bertz CT molecular complexity index is 524. The average molecular weight is 275 g/mol. The summed E-state index contributed by atoms with van der Waals surface area (Å²) in [6.07, 6.45) is 2.72. The van der Waals surface area contributed by atoms with Gasteiger partial charge in [-0.25, -0.2) is 0 Å². The van der Waals surface area contributed by atoms with Crippen molar-refractivity contribution in [3.63, 3.8) is 0 Å². The van der Waals surface area contributed by atoms with Crippen molar-refractivity contribution in [2.24, 2.45) is 11.8 Å². The van der Waals surface area contributed by atoms with Crippen molar-refractivity contribution >= 4 is 17.6 Å². The van der Waals surface area contributed by atoms with Gasteiger partial charge in [0.25, 0.3) is 0 Å². The third-order valence-corrected chi connectivity index (χ3v) is 4.05. The Morgan fingerprint density at radius 3 is 2.60 bits per heavy atom. The van der Waals surface area contributed by atoms with Crippen LogP contribution in [0.15, 0.2) is 18.2 Å². The number of benzene rings is 1. The molecule has 1 fully saturated rings. The van der Waals surface area contributed by atoms with E-state index < -0.39 is 5.97 Å². The minimum absolute atomic E-state index is 0.0512. The summed E-state index contributed by atoms with van der Waals surface area (Å²) < 4.78 is 0. The van der Waals surface area contributed by atoms with E-state index in [0.29, 0.717) is 12.8 Å². The van der Waals surface area contributed by atoms with E-state index in [2.05, 4.69) is 5.32 Å². The van der Waals surface area contributed by atoms with Gasteiger partial charge in [-0.2, -0.15) is 0 Å². The second-order valence-corrected chi connectivity index (χ2v) is 5.71. The average Bonchev–Trinajstić information content (AvgIpc) is 2.43. The predicted molar refractivity (Wildman–Crippen MR) is 77.6 cm³/mol. The van der Waals surface area contributed by atoms with Crippen LogP contribution in [-0.2, 0) is 9.59 Å². The molecule has 0 heterocycles. The monoisotopic (exact) mass is 275 g/mol. The second-order valence-electron chi connectivity index (χ2n) is 5.71. The molecule has 2 atom stereocenters. The molecule has 1 amide bonds. The van der Waals surface area contributed by atoms with Crippen LogP contribution in [0.3, 0.4) is 0 Å². The number of amides is 1. The minimum atomic E-state index is -0.783. The fraction of sp³-hybridized carbons (Fsp3) is 0.500. The van der Waals surface area contributed by atoms with Crippen molar-refractivity contribution in [2.75, 3.05) is 5.32 Å². The topological polar surface area (TPSA) is 66.4 Å². The van der Waals surface area contributed by atoms with E-state index in [1.54, 1.807) is 0 Å². The Hall–Kier alpha value is -1.84. The Morgan fingerprint density at radius 1 is 1.20 bits per heavy atom. The Balaban J connectivity index is 2.04. The number of carbonyl (C=O) groups is 2. The zero-order valence-electron chi connectivity index (χ0n) is 12.0. The molecule has 4 heteroatoms. The number of aliphatic carboxylic acids is 1. The van der Waals surface area contributed by atoms with Gasteiger partial charge in [0.15, 0.2) is 0 Å². The lowest BCUT2D eigenvalue weighted by Gasteiger charge is -2.26. The number of hydrogen-bond acceptors (Lipinski definition) is 2. The van der Waals surface area contributed by atoms with Crippen molar-refractivity contribution in [3.8, 4) is 0 Å². The molecule has 108 valence electrons. The van der Waals surface area contributed by atoms with Crippen LogP contribution in [0.25, 0.3) is 0 Å². The summed E-state index contributed by atoms with van der Waals surface area (Å²) in [5, 5.41) is 12.0. The second kappa shape index (κ2) is 6.07. The third-order valence-electron chi connectivity index (χ3n) is 4.05. The first-order valence-corrected chi connectivity index (χ1v) is 7.08. The van der Waals surface area contributed by atoms with E-state index >= 15 is 0 Å². The van der Waals surface area contributed by atoms with E-state index in [1.807, 2.05) is 32.0 Å². The highest BCUT2D eigenvalue weighted by Gasteiger charge is 2.31. The van der Waals surface area contributed by atoms with Crippen LogP contribution in [0.1, 0.15) is 36.8 Å². The molecule has 1 saturated carbocycles. The summed E-state index contributed by atoms with van der Waals surface area (Å²) >= 11 is 0. The molecule has 0 radical (unpaired) electrons. The van der Waals surface area contributed by atoms with Gasteiger partial charge >= 0.3 is 5.97 Å². The van der Waals surface area contributed by atoms with Gasteiger partial charge in [0.05, 0.1) is 5.92 Å². The number of rotatable bonds is 3. The summed E-state index contributed by atoms with van der Waals surface area (Å²) in [5.41, 5.74) is 2.94. The summed E-state index contributed by atoms with van der Waals surface area (Å²) in [6, 6.07) is 5.93. The van der Waals surface area contributed by atoms with Gasteiger partial charge < -0.3 is 10.4 Å². The van der Waals surface area contributed by atoms with E-state index in [0.717, 1.165) is 29.7 Å². The Morgan fingerprint density at radius 2 is 1.90 bits per heavy atom. The number of nitrogens with one attached hydrogen (secondary N) is 1. The van der Waals surface area contributed by atoms with E-state index in [1.165, 1.54) is 0 Å². The van der Waals surface area contributed by atoms with Gasteiger partial charge in [-0.15, -0.1) is 0 Å².